The quantitative estimate of drug-likeness (QED) is 0.651. The smallest absolute Gasteiger partial charge is 0.354 e. The van der Waals surface area contributed by atoms with Crippen LogP contribution >= 0.6 is 0 Å². The fourth-order valence-corrected chi connectivity index (χ4v) is 0.794. The molecule has 0 aliphatic rings. The Bertz CT molecular complexity index is 343. The predicted octanol–water partition coefficient (Wildman–Crippen LogP) is 0.605. The molecule has 1 rings (SSSR count). The molecular weight excluding hydrogens is 156 g/mol. The van der Waals surface area contributed by atoms with Crippen molar-refractivity contribution in [3.63, 3.8) is 0 Å². The number of carbonyl (C=O) groups is 1. The van der Waals surface area contributed by atoms with E-state index in [0.717, 1.165) is 0 Å². The van der Waals surface area contributed by atoms with Crippen LogP contribution in [-0.2, 0) is 6.54 Å². The molecule has 0 saturated heterocycles. The number of aromatic carboxylic acids is 1. The lowest BCUT2D eigenvalue weighted by molar-refractivity contribution is 0.0684. The normalized spacial score (nSPS) is 8.75. The molecule has 0 atom stereocenters. The summed E-state index contributed by atoms with van der Waals surface area (Å²) in [6.07, 6.45) is 1.45. The van der Waals surface area contributed by atoms with E-state index in [0.29, 0.717) is 6.54 Å². The monoisotopic (exact) mass is 164 g/mol. The van der Waals surface area contributed by atoms with Gasteiger partial charge >= 0.3 is 5.97 Å². The van der Waals surface area contributed by atoms with E-state index in [9.17, 15) is 4.79 Å². The van der Waals surface area contributed by atoms with Gasteiger partial charge in [-0.3, -0.25) is 0 Å². The van der Waals surface area contributed by atoms with Crippen LogP contribution < -0.4 is 0 Å². The standard InChI is InChI=1S/C8H8N2O2/c1-2-3-6-10-7(8(11)12)4-5-9-10/h4-5H,6H2,1H3,(H,11,12). The van der Waals surface area contributed by atoms with Crippen LogP contribution in [0.4, 0.5) is 0 Å². The average molecular weight is 164 g/mol. The molecule has 0 bridgehead atoms. The molecule has 1 N–H and O–H groups in total. The van der Waals surface area contributed by atoms with E-state index in [1.54, 1.807) is 6.92 Å². The summed E-state index contributed by atoms with van der Waals surface area (Å²) in [4.78, 5) is 10.5. The topological polar surface area (TPSA) is 55.1 Å². The summed E-state index contributed by atoms with van der Waals surface area (Å²) in [6, 6.07) is 1.44. The molecular formula is C8H8N2O2. The largest absolute Gasteiger partial charge is 0.477 e. The van der Waals surface area contributed by atoms with Gasteiger partial charge < -0.3 is 5.11 Å². The highest BCUT2D eigenvalue weighted by atomic mass is 16.4. The summed E-state index contributed by atoms with van der Waals surface area (Å²) in [6.45, 7) is 2.02. The van der Waals surface area contributed by atoms with Crippen molar-refractivity contribution in [3.05, 3.63) is 18.0 Å². The maximum Gasteiger partial charge on any atom is 0.354 e. The Kier molecular flexibility index (Phi) is 2.49. The number of rotatable bonds is 2. The van der Waals surface area contributed by atoms with Crippen molar-refractivity contribution in [2.45, 2.75) is 13.5 Å². The van der Waals surface area contributed by atoms with E-state index in [4.69, 9.17) is 5.11 Å². The van der Waals surface area contributed by atoms with Gasteiger partial charge in [0, 0.05) is 6.20 Å². The summed E-state index contributed by atoms with van der Waals surface area (Å²) in [5.41, 5.74) is 0.165. The van der Waals surface area contributed by atoms with Crippen molar-refractivity contribution in [3.8, 4) is 11.8 Å². The first-order valence-electron chi connectivity index (χ1n) is 3.40. The third kappa shape index (κ3) is 1.64. The molecule has 1 aromatic rings. The number of nitrogens with zero attached hydrogens (tertiary/aromatic N) is 2. The van der Waals surface area contributed by atoms with Gasteiger partial charge in [-0.2, -0.15) is 5.10 Å². The van der Waals surface area contributed by atoms with Gasteiger partial charge in [-0.25, -0.2) is 9.48 Å². The van der Waals surface area contributed by atoms with Gasteiger partial charge in [-0.1, -0.05) is 5.92 Å². The number of aromatic nitrogens is 2. The Hall–Kier alpha value is -1.76. The van der Waals surface area contributed by atoms with E-state index < -0.39 is 5.97 Å². The molecule has 1 aromatic heterocycles. The molecule has 0 aromatic carbocycles. The second kappa shape index (κ2) is 3.58. The fraction of sp³-hybridized carbons (Fsp3) is 0.250. The summed E-state index contributed by atoms with van der Waals surface area (Å²) < 4.78 is 1.35. The molecule has 0 fully saturated rings. The summed E-state index contributed by atoms with van der Waals surface area (Å²) in [7, 11) is 0. The van der Waals surface area contributed by atoms with Crippen LogP contribution in [0.15, 0.2) is 12.3 Å². The van der Waals surface area contributed by atoms with Gasteiger partial charge in [-0.05, 0) is 13.0 Å². The lowest BCUT2D eigenvalue weighted by Gasteiger charge is -1.96. The Morgan fingerprint density at radius 2 is 2.58 bits per heavy atom. The van der Waals surface area contributed by atoms with Gasteiger partial charge in [0.05, 0.1) is 0 Å². The zero-order chi connectivity index (χ0) is 8.97. The van der Waals surface area contributed by atoms with Crippen LogP contribution in [0.5, 0.6) is 0 Å². The minimum atomic E-state index is -0.981. The van der Waals surface area contributed by atoms with E-state index in [-0.39, 0.29) is 5.69 Å². The highest BCUT2D eigenvalue weighted by Gasteiger charge is 2.07. The number of hydrogen-bond acceptors (Lipinski definition) is 2. The van der Waals surface area contributed by atoms with Crippen LogP contribution in [0.3, 0.4) is 0 Å². The molecule has 0 unspecified atom stereocenters. The van der Waals surface area contributed by atoms with Gasteiger partial charge in [0.15, 0.2) is 0 Å². The van der Waals surface area contributed by atoms with Gasteiger partial charge in [-0.15, -0.1) is 5.92 Å². The molecule has 0 amide bonds. The van der Waals surface area contributed by atoms with Crippen molar-refractivity contribution in [2.24, 2.45) is 0 Å². The molecule has 0 aliphatic heterocycles. The predicted molar refractivity (Wildman–Crippen MR) is 42.6 cm³/mol. The van der Waals surface area contributed by atoms with Crippen molar-refractivity contribution < 1.29 is 9.90 Å². The highest BCUT2D eigenvalue weighted by Crippen LogP contribution is 1.97. The number of carboxylic acid groups (broad SMARTS) is 1. The fourth-order valence-electron chi connectivity index (χ4n) is 0.794. The Labute approximate surface area is 69.8 Å². The lowest BCUT2D eigenvalue weighted by atomic mass is 10.4. The van der Waals surface area contributed by atoms with Crippen molar-refractivity contribution in [1.29, 1.82) is 0 Å². The molecule has 12 heavy (non-hydrogen) atoms. The lowest BCUT2D eigenvalue weighted by Crippen LogP contribution is -2.08. The zero-order valence-corrected chi connectivity index (χ0v) is 6.61. The molecule has 0 spiro atoms. The molecule has 0 saturated carbocycles. The summed E-state index contributed by atoms with van der Waals surface area (Å²) in [5, 5.41) is 12.5. The van der Waals surface area contributed by atoms with Crippen LogP contribution in [0.25, 0.3) is 0 Å². The zero-order valence-electron chi connectivity index (χ0n) is 6.61. The first-order valence-corrected chi connectivity index (χ1v) is 3.40. The van der Waals surface area contributed by atoms with Gasteiger partial charge in [0.1, 0.15) is 12.2 Å². The Morgan fingerprint density at radius 3 is 3.17 bits per heavy atom. The van der Waals surface area contributed by atoms with Crippen molar-refractivity contribution >= 4 is 5.97 Å². The molecule has 1 heterocycles. The third-order valence-corrected chi connectivity index (χ3v) is 1.34. The van der Waals surface area contributed by atoms with Crippen LogP contribution in [0.2, 0.25) is 0 Å². The molecule has 0 aliphatic carbocycles. The van der Waals surface area contributed by atoms with E-state index in [1.165, 1.54) is 16.9 Å². The third-order valence-electron chi connectivity index (χ3n) is 1.34. The summed E-state index contributed by atoms with van der Waals surface area (Å²) >= 11 is 0. The highest BCUT2D eigenvalue weighted by molar-refractivity contribution is 5.85. The maximum absolute atomic E-state index is 10.5. The van der Waals surface area contributed by atoms with Gasteiger partial charge in [0.25, 0.3) is 0 Å². The van der Waals surface area contributed by atoms with E-state index in [1.807, 2.05) is 0 Å². The average Bonchev–Trinajstić information content (AvgIpc) is 2.48. The van der Waals surface area contributed by atoms with Gasteiger partial charge in [0.2, 0.25) is 0 Å². The first-order chi connectivity index (χ1) is 5.75. The molecule has 0 radical (unpaired) electrons. The van der Waals surface area contributed by atoms with Crippen molar-refractivity contribution in [2.75, 3.05) is 0 Å². The number of hydrogen-bond donors (Lipinski definition) is 1. The SMILES string of the molecule is CC#CCn1nccc1C(=O)O. The van der Waals surface area contributed by atoms with Crippen LogP contribution in [0.1, 0.15) is 17.4 Å². The summed E-state index contributed by atoms with van der Waals surface area (Å²) in [5.74, 6) is 4.42. The minimum absolute atomic E-state index is 0.165. The van der Waals surface area contributed by atoms with Crippen LogP contribution in [0, 0.1) is 11.8 Å². The maximum atomic E-state index is 10.5. The van der Waals surface area contributed by atoms with Crippen molar-refractivity contribution in [1.82, 2.24) is 9.78 Å². The molecule has 62 valence electrons. The van der Waals surface area contributed by atoms with E-state index >= 15 is 0 Å². The second-order valence-electron chi connectivity index (χ2n) is 2.11. The van der Waals surface area contributed by atoms with E-state index in [2.05, 4.69) is 16.9 Å². The van der Waals surface area contributed by atoms with Crippen LogP contribution in [-0.4, -0.2) is 20.9 Å². The number of carboxylic acids is 1. The minimum Gasteiger partial charge on any atom is -0.477 e. The molecule has 4 heteroatoms. The first kappa shape index (κ1) is 8.34. The molecule has 4 nitrogen and oxygen atoms in total. The Balaban J connectivity index is 2.89. The Morgan fingerprint density at radius 1 is 1.83 bits per heavy atom. The second-order valence-corrected chi connectivity index (χ2v) is 2.11.